The monoisotopic (exact) mass is 435 g/mol. The van der Waals surface area contributed by atoms with Crippen LogP contribution in [0.15, 0.2) is 65.7 Å². The van der Waals surface area contributed by atoms with E-state index >= 15 is 0 Å². The second-order valence-electron chi connectivity index (χ2n) is 6.85. The van der Waals surface area contributed by atoms with Gasteiger partial charge in [0.15, 0.2) is 5.16 Å². The average molecular weight is 436 g/mol. The summed E-state index contributed by atoms with van der Waals surface area (Å²) in [5.74, 6) is 0.250. The molecule has 0 bridgehead atoms. The quantitative estimate of drug-likeness (QED) is 0.435. The van der Waals surface area contributed by atoms with Crippen LogP contribution in [0.5, 0.6) is 0 Å². The number of hydrogen-bond donors (Lipinski definition) is 1. The lowest BCUT2D eigenvalue weighted by Gasteiger charge is -2.09. The smallest absolute Gasteiger partial charge is 0.230 e. The number of imidazole rings is 1. The zero-order valence-electron chi connectivity index (χ0n) is 16.7. The van der Waals surface area contributed by atoms with Crippen LogP contribution in [0, 0.1) is 13.8 Å². The van der Waals surface area contributed by atoms with Gasteiger partial charge in [0.05, 0.1) is 18.0 Å². The maximum atomic E-state index is 12.3. The van der Waals surface area contributed by atoms with Crippen molar-refractivity contribution in [3.8, 4) is 16.9 Å². The third-order valence-corrected chi connectivity index (χ3v) is 6.20. The largest absolute Gasteiger partial charge is 0.349 e. The van der Waals surface area contributed by atoms with E-state index in [0.717, 1.165) is 27.1 Å². The Bertz CT molecular complexity index is 1130. The van der Waals surface area contributed by atoms with Gasteiger partial charge in [-0.05, 0) is 49.2 Å². The van der Waals surface area contributed by atoms with Gasteiger partial charge in [-0.3, -0.25) is 14.3 Å². The molecule has 6 nitrogen and oxygen atoms in total. The summed E-state index contributed by atoms with van der Waals surface area (Å²) in [5.41, 5.74) is 5.37. The number of thiazole rings is 1. The lowest BCUT2D eigenvalue weighted by Crippen LogP contribution is -2.24. The number of amides is 1. The summed E-state index contributed by atoms with van der Waals surface area (Å²) < 4.78 is 2.01. The molecule has 0 aliphatic carbocycles. The van der Waals surface area contributed by atoms with Crippen molar-refractivity contribution in [2.45, 2.75) is 25.5 Å². The molecule has 0 saturated carbocycles. The third kappa shape index (κ3) is 4.95. The molecule has 0 spiro atoms. The lowest BCUT2D eigenvalue weighted by atomic mass is 10.1. The number of nitrogens with one attached hydrogen (secondary N) is 1. The molecule has 0 aliphatic heterocycles. The molecule has 1 amide bonds. The fourth-order valence-corrected chi connectivity index (χ4v) is 4.63. The predicted molar refractivity (Wildman–Crippen MR) is 121 cm³/mol. The predicted octanol–water partition coefficient (Wildman–Crippen LogP) is 4.42. The Morgan fingerprint density at radius 2 is 1.90 bits per heavy atom. The zero-order chi connectivity index (χ0) is 20.9. The molecule has 1 N–H and O–H groups in total. The molecule has 30 heavy (non-hydrogen) atoms. The first-order chi connectivity index (χ1) is 14.6. The van der Waals surface area contributed by atoms with Gasteiger partial charge in [0, 0.05) is 41.4 Å². The molecule has 4 aromatic rings. The molecule has 8 heteroatoms. The number of hydrogen-bond acceptors (Lipinski definition) is 6. The van der Waals surface area contributed by atoms with E-state index in [1.165, 1.54) is 34.2 Å². The Hall–Kier alpha value is -2.97. The molecule has 0 aliphatic rings. The summed E-state index contributed by atoms with van der Waals surface area (Å²) in [7, 11) is 0. The van der Waals surface area contributed by atoms with Crippen molar-refractivity contribution in [1.82, 2.24) is 24.8 Å². The molecular weight excluding hydrogens is 414 g/mol. The van der Waals surface area contributed by atoms with Gasteiger partial charge < -0.3 is 5.32 Å². The van der Waals surface area contributed by atoms with Crippen LogP contribution in [0.4, 0.5) is 0 Å². The first-order valence-electron chi connectivity index (χ1n) is 9.45. The van der Waals surface area contributed by atoms with Crippen LogP contribution >= 0.6 is 23.1 Å². The minimum atomic E-state index is -0.0457. The molecule has 3 aromatic heterocycles. The van der Waals surface area contributed by atoms with E-state index in [1.54, 1.807) is 18.6 Å². The Labute approximate surface area is 183 Å². The number of benzene rings is 1. The minimum absolute atomic E-state index is 0.0457. The summed E-state index contributed by atoms with van der Waals surface area (Å²) in [6.07, 6.45) is 7.17. The van der Waals surface area contributed by atoms with Gasteiger partial charge in [-0.1, -0.05) is 17.8 Å². The van der Waals surface area contributed by atoms with Crippen LogP contribution in [0.25, 0.3) is 16.9 Å². The summed E-state index contributed by atoms with van der Waals surface area (Å²) >= 11 is 2.96. The molecule has 152 valence electrons. The number of nitrogens with zero attached hydrogens (tertiary/aromatic N) is 4. The van der Waals surface area contributed by atoms with Crippen LogP contribution in [0.2, 0.25) is 0 Å². The van der Waals surface area contributed by atoms with E-state index < -0.39 is 0 Å². The Morgan fingerprint density at radius 3 is 2.67 bits per heavy atom. The molecule has 3 heterocycles. The summed E-state index contributed by atoms with van der Waals surface area (Å²) in [6.45, 7) is 4.57. The maximum absolute atomic E-state index is 12.3. The Balaban J connectivity index is 1.33. The SMILES string of the molecule is Cc1cc(C)cc(-n2ccnc2SCC(=O)NCc2nc(-c3ccncc3)cs2)c1. The number of carbonyl (C=O) groups is 1. The fraction of sp³-hybridized carbons (Fsp3) is 0.182. The number of aromatic nitrogens is 4. The highest BCUT2D eigenvalue weighted by molar-refractivity contribution is 7.99. The highest BCUT2D eigenvalue weighted by atomic mass is 32.2. The van der Waals surface area contributed by atoms with Gasteiger partial charge in [0.25, 0.3) is 0 Å². The first kappa shape index (κ1) is 20.3. The molecule has 0 radical (unpaired) electrons. The molecule has 0 fully saturated rings. The van der Waals surface area contributed by atoms with Crippen molar-refractivity contribution in [2.24, 2.45) is 0 Å². The molecule has 0 atom stereocenters. The van der Waals surface area contributed by atoms with Gasteiger partial charge in [-0.2, -0.15) is 0 Å². The van der Waals surface area contributed by atoms with Crippen LogP contribution in [0.1, 0.15) is 16.1 Å². The number of pyridine rings is 1. The number of thioether (sulfide) groups is 1. The van der Waals surface area contributed by atoms with Crippen molar-refractivity contribution in [2.75, 3.05) is 5.75 Å². The zero-order valence-corrected chi connectivity index (χ0v) is 18.3. The van der Waals surface area contributed by atoms with Gasteiger partial charge in [-0.15, -0.1) is 11.3 Å². The highest BCUT2D eigenvalue weighted by Gasteiger charge is 2.11. The van der Waals surface area contributed by atoms with E-state index in [0.29, 0.717) is 12.3 Å². The van der Waals surface area contributed by atoms with Crippen LogP contribution in [-0.2, 0) is 11.3 Å². The maximum Gasteiger partial charge on any atom is 0.230 e. The van der Waals surface area contributed by atoms with E-state index in [1.807, 2.05) is 28.3 Å². The minimum Gasteiger partial charge on any atom is -0.349 e. The number of carbonyl (C=O) groups excluding carboxylic acids is 1. The van der Waals surface area contributed by atoms with Crippen molar-refractivity contribution in [1.29, 1.82) is 0 Å². The average Bonchev–Trinajstić information content (AvgIpc) is 3.40. The van der Waals surface area contributed by atoms with E-state index in [9.17, 15) is 4.79 Å². The normalized spacial score (nSPS) is 10.9. The Kier molecular flexibility index (Phi) is 6.25. The van der Waals surface area contributed by atoms with Gasteiger partial charge in [0.2, 0.25) is 5.91 Å². The second kappa shape index (κ2) is 9.23. The molecular formula is C22H21N5OS2. The molecule has 0 unspecified atom stereocenters. The fourth-order valence-electron chi connectivity index (χ4n) is 3.09. The van der Waals surface area contributed by atoms with Crippen LogP contribution in [0.3, 0.4) is 0 Å². The lowest BCUT2D eigenvalue weighted by molar-refractivity contribution is -0.118. The van der Waals surface area contributed by atoms with Gasteiger partial charge in [-0.25, -0.2) is 9.97 Å². The Morgan fingerprint density at radius 1 is 1.13 bits per heavy atom. The summed E-state index contributed by atoms with van der Waals surface area (Å²) in [4.78, 5) is 25.4. The van der Waals surface area contributed by atoms with E-state index in [-0.39, 0.29) is 5.91 Å². The topological polar surface area (TPSA) is 72.7 Å². The molecule has 0 saturated heterocycles. The summed E-state index contributed by atoms with van der Waals surface area (Å²) in [5, 5.41) is 6.60. The standard InChI is InChI=1S/C22H21N5OS2/c1-15-9-16(2)11-18(10-15)27-8-7-24-22(27)30-14-20(28)25-12-21-26-19(13-29-21)17-3-5-23-6-4-17/h3-11,13H,12,14H2,1-2H3,(H,25,28). The molecule has 4 rings (SSSR count). The number of rotatable bonds is 7. The number of aryl methyl sites for hydroxylation is 2. The van der Waals surface area contributed by atoms with Crippen molar-refractivity contribution in [3.05, 3.63) is 76.6 Å². The van der Waals surface area contributed by atoms with Crippen molar-refractivity contribution < 1.29 is 4.79 Å². The van der Waals surface area contributed by atoms with Crippen molar-refractivity contribution in [3.63, 3.8) is 0 Å². The first-order valence-corrected chi connectivity index (χ1v) is 11.3. The second-order valence-corrected chi connectivity index (χ2v) is 8.74. The summed E-state index contributed by atoms with van der Waals surface area (Å²) in [6, 6.07) is 10.2. The van der Waals surface area contributed by atoms with Crippen LogP contribution < -0.4 is 5.32 Å². The third-order valence-electron chi connectivity index (χ3n) is 4.39. The van der Waals surface area contributed by atoms with Crippen LogP contribution in [-0.4, -0.2) is 31.2 Å². The van der Waals surface area contributed by atoms with E-state index in [4.69, 9.17) is 0 Å². The molecule has 1 aromatic carbocycles. The van der Waals surface area contributed by atoms with Gasteiger partial charge >= 0.3 is 0 Å². The van der Waals surface area contributed by atoms with Crippen molar-refractivity contribution >= 4 is 29.0 Å². The van der Waals surface area contributed by atoms with E-state index in [2.05, 4.69) is 52.3 Å². The van der Waals surface area contributed by atoms with Gasteiger partial charge in [0.1, 0.15) is 5.01 Å². The highest BCUT2D eigenvalue weighted by Crippen LogP contribution is 2.23.